The Kier molecular flexibility index (Phi) is 7.31. The first-order valence-corrected chi connectivity index (χ1v) is 6.92. The van der Waals surface area contributed by atoms with Gasteiger partial charge in [-0.15, -0.1) is 0 Å². The first-order chi connectivity index (χ1) is 9.04. The third-order valence-corrected chi connectivity index (χ3v) is 3.23. The number of hydrogen-bond donors (Lipinski definition) is 2. The molecule has 0 unspecified atom stereocenters. The summed E-state index contributed by atoms with van der Waals surface area (Å²) in [5.74, 6) is 0.109. The summed E-state index contributed by atoms with van der Waals surface area (Å²) in [4.78, 5) is 11.5. The highest BCUT2D eigenvalue weighted by Crippen LogP contribution is 2.33. The average molecular weight is 326 g/mol. The van der Waals surface area contributed by atoms with Crippen molar-refractivity contribution in [2.24, 2.45) is 0 Å². The van der Waals surface area contributed by atoms with Gasteiger partial charge in [0.1, 0.15) is 5.75 Å². The SMILES string of the molecule is CCNCCNC(=O)COc1cc(Cl)c(Cl)cc1Cl. The largest absolute Gasteiger partial charge is 0.482 e. The highest BCUT2D eigenvalue weighted by atomic mass is 35.5. The van der Waals surface area contributed by atoms with E-state index in [1.54, 1.807) is 0 Å². The van der Waals surface area contributed by atoms with E-state index in [0.717, 1.165) is 13.1 Å². The lowest BCUT2D eigenvalue weighted by Crippen LogP contribution is -2.34. The van der Waals surface area contributed by atoms with Crippen LogP contribution in [0, 0.1) is 0 Å². The third kappa shape index (κ3) is 5.87. The number of likely N-dealkylation sites (N-methyl/N-ethyl adjacent to an activating group) is 1. The molecule has 0 radical (unpaired) electrons. The maximum Gasteiger partial charge on any atom is 0.257 e. The van der Waals surface area contributed by atoms with Gasteiger partial charge in [-0.05, 0) is 12.6 Å². The molecule has 0 heterocycles. The van der Waals surface area contributed by atoms with Gasteiger partial charge in [0.05, 0.1) is 15.1 Å². The van der Waals surface area contributed by atoms with E-state index >= 15 is 0 Å². The Balaban J connectivity index is 2.40. The number of halogens is 3. The van der Waals surface area contributed by atoms with Crippen molar-refractivity contribution < 1.29 is 9.53 Å². The second kappa shape index (κ2) is 8.48. The zero-order valence-electron chi connectivity index (χ0n) is 10.4. The van der Waals surface area contributed by atoms with E-state index in [0.29, 0.717) is 27.4 Å². The summed E-state index contributed by atoms with van der Waals surface area (Å²) < 4.78 is 5.28. The summed E-state index contributed by atoms with van der Waals surface area (Å²) in [6.07, 6.45) is 0. The fourth-order valence-corrected chi connectivity index (χ4v) is 1.87. The molecule has 1 aromatic carbocycles. The molecule has 0 aliphatic carbocycles. The van der Waals surface area contributed by atoms with E-state index in [4.69, 9.17) is 39.5 Å². The standard InChI is InChI=1S/C12H15Cl3N2O2/c1-2-16-3-4-17-12(18)7-19-11-6-9(14)8(13)5-10(11)15/h5-6,16H,2-4,7H2,1H3,(H,17,18). The molecule has 0 aliphatic rings. The second-order valence-corrected chi connectivity index (χ2v) is 4.91. The van der Waals surface area contributed by atoms with Crippen molar-refractivity contribution in [3.05, 3.63) is 27.2 Å². The van der Waals surface area contributed by atoms with Gasteiger partial charge in [0.25, 0.3) is 5.91 Å². The molecule has 4 nitrogen and oxygen atoms in total. The number of benzene rings is 1. The number of rotatable bonds is 7. The van der Waals surface area contributed by atoms with Crippen molar-refractivity contribution >= 4 is 40.7 Å². The number of ether oxygens (including phenoxy) is 1. The fraction of sp³-hybridized carbons (Fsp3) is 0.417. The minimum Gasteiger partial charge on any atom is -0.482 e. The summed E-state index contributed by atoms with van der Waals surface area (Å²) >= 11 is 17.5. The van der Waals surface area contributed by atoms with Gasteiger partial charge in [-0.25, -0.2) is 0 Å². The predicted molar refractivity (Wildman–Crippen MR) is 78.5 cm³/mol. The minimum atomic E-state index is -0.222. The summed E-state index contributed by atoms with van der Waals surface area (Å²) in [7, 11) is 0. The Morgan fingerprint density at radius 3 is 2.53 bits per heavy atom. The predicted octanol–water partition coefficient (Wildman–Crippen LogP) is 2.75. The van der Waals surface area contributed by atoms with Crippen LogP contribution in [0.3, 0.4) is 0 Å². The number of carbonyl (C=O) groups excluding carboxylic acids is 1. The molecule has 0 spiro atoms. The van der Waals surface area contributed by atoms with Crippen molar-refractivity contribution in [3.63, 3.8) is 0 Å². The average Bonchev–Trinajstić information content (AvgIpc) is 2.37. The van der Waals surface area contributed by atoms with E-state index in [-0.39, 0.29) is 12.5 Å². The van der Waals surface area contributed by atoms with Gasteiger partial charge >= 0.3 is 0 Å². The van der Waals surface area contributed by atoms with Crippen LogP contribution >= 0.6 is 34.8 Å². The van der Waals surface area contributed by atoms with Gasteiger partial charge in [0, 0.05) is 19.2 Å². The molecular formula is C12H15Cl3N2O2. The number of amides is 1. The molecule has 0 bridgehead atoms. The van der Waals surface area contributed by atoms with E-state index in [2.05, 4.69) is 10.6 Å². The van der Waals surface area contributed by atoms with Gasteiger partial charge in [-0.1, -0.05) is 41.7 Å². The molecule has 1 aromatic rings. The van der Waals surface area contributed by atoms with E-state index < -0.39 is 0 Å². The molecule has 0 aromatic heterocycles. The van der Waals surface area contributed by atoms with Gasteiger partial charge < -0.3 is 15.4 Å². The monoisotopic (exact) mass is 324 g/mol. The highest BCUT2D eigenvalue weighted by Gasteiger charge is 2.09. The number of carbonyl (C=O) groups is 1. The van der Waals surface area contributed by atoms with Crippen LogP contribution in [0.25, 0.3) is 0 Å². The Morgan fingerprint density at radius 1 is 1.16 bits per heavy atom. The lowest BCUT2D eigenvalue weighted by Gasteiger charge is -2.10. The van der Waals surface area contributed by atoms with Crippen molar-refractivity contribution in [1.82, 2.24) is 10.6 Å². The first-order valence-electron chi connectivity index (χ1n) is 5.79. The van der Waals surface area contributed by atoms with Crippen LogP contribution in [0.2, 0.25) is 15.1 Å². The zero-order chi connectivity index (χ0) is 14.3. The van der Waals surface area contributed by atoms with Crippen LogP contribution < -0.4 is 15.4 Å². The molecule has 0 saturated carbocycles. The Labute approximate surface area is 127 Å². The molecule has 7 heteroatoms. The van der Waals surface area contributed by atoms with Gasteiger partial charge in [-0.2, -0.15) is 0 Å². The van der Waals surface area contributed by atoms with Crippen LogP contribution in [0.15, 0.2) is 12.1 Å². The topological polar surface area (TPSA) is 50.4 Å². The maximum atomic E-state index is 11.5. The fourth-order valence-electron chi connectivity index (χ4n) is 1.28. The van der Waals surface area contributed by atoms with Gasteiger partial charge in [-0.3, -0.25) is 4.79 Å². The maximum absolute atomic E-state index is 11.5. The smallest absolute Gasteiger partial charge is 0.257 e. The normalized spacial score (nSPS) is 10.3. The summed E-state index contributed by atoms with van der Waals surface area (Å²) in [5.41, 5.74) is 0. The summed E-state index contributed by atoms with van der Waals surface area (Å²) in [6, 6.07) is 2.96. The Hall–Kier alpha value is -0.680. The minimum absolute atomic E-state index is 0.121. The van der Waals surface area contributed by atoms with Gasteiger partial charge in [0.2, 0.25) is 0 Å². The number of hydrogen-bond acceptors (Lipinski definition) is 3. The number of nitrogens with one attached hydrogen (secondary N) is 2. The van der Waals surface area contributed by atoms with Crippen LogP contribution in [0.1, 0.15) is 6.92 Å². The lowest BCUT2D eigenvalue weighted by molar-refractivity contribution is -0.123. The third-order valence-electron chi connectivity index (χ3n) is 2.21. The van der Waals surface area contributed by atoms with Crippen LogP contribution in [-0.4, -0.2) is 32.1 Å². The van der Waals surface area contributed by atoms with Crippen molar-refractivity contribution in [3.8, 4) is 5.75 Å². The zero-order valence-corrected chi connectivity index (χ0v) is 12.7. The van der Waals surface area contributed by atoms with Crippen molar-refractivity contribution in [1.29, 1.82) is 0 Å². The van der Waals surface area contributed by atoms with Crippen molar-refractivity contribution in [2.45, 2.75) is 6.92 Å². The molecule has 106 valence electrons. The molecule has 1 rings (SSSR count). The molecule has 2 N–H and O–H groups in total. The molecule has 0 aliphatic heterocycles. The van der Waals surface area contributed by atoms with Crippen LogP contribution in [0.5, 0.6) is 5.75 Å². The van der Waals surface area contributed by atoms with Crippen molar-refractivity contribution in [2.75, 3.05) is 26.2 Å². The molecule has 1 amide bonds. The first kappa shape index (κ1) is 16.4. The highest BCUT2D eigenvalue weighted by molar-refractivity contribution is 6.43. The van der Waals surface area contributed by atoms with Crippen LogP contribution in [0.4, 0.5) is 0 Å². The van der Waals surface area contributed by atoms with Crippen LogP contribution in [-0.2, 0) is 4.79 Å². The van der Waals surface area contributed by atoms with E-state index in [1.807, 2.05) is 6.92 Å². The van der Waals surface area contributed by atoms with E-state index in [9.17, 15) is 4.79 Å². The lowest BCUT2D eigenvalue weighted by atomic mass is 10.3. The molecule has 0 saturated heterocycles. The summed E-state index contributed by atoms with van der Waals surface area (Å²) in [5, 5.41) is 6.78. The molecule has 0 fully saturated rings. The van der Waals surface area contributed by atoms with E-state index in [1.165, 1.54) is 12.1 Å². The summed E-state index contributed by atoms with van der Waals surface area (Å²) in [6.45, 7) is 4.01. The second-order valence-electron chi connectivity index (χ2n) is 3.69. The quantitative estimate of drug-likeness (QED) is 0.599. The molecular weight excluding hydrogens is 311 g/mol. The molecule has 0 atom stereocenters. The molecule has 19 heavy (non-hydrogen) atoms. The Bertz CT molecular complexity index is 441. The Morgan fingerprint density at radius 2 is 1.84 bits per heavy atom. The van der Waals surface area contributed by atoms with Gasteiger partial charge in [0.15, 0.2) is 6.61 Å².